The Bertz CT molecular complexity index is 1090. The molecular weight excluding hydrogens is 388 g/mol. The number of aryl methyl sites for hydroxylation is 2. The average molecular weight is 405 g/mol. The Morgan fingerprint density at radius 1 is 1.18 bits per heavy atom. The number of rotatable bonds is 5. The summed E-state index contributed by atoms with van der Waals surface area (Å²) in [5, 5.41) is 2.81. The zero-order valence-corrected chi connectivity index (χ0v) is 15.6. The van der Waals surface area contributed by atoms with E-state index in [0.717, 1.165) is 54.9 Å². The van der Waals surface area contributed by atoms with Gasteiger partial charge in [0.05, 0.1) is 11.1 Å². The van der Waals surface area contributed by atoms with Gasteiger partial charge in [-0.25, -0.2) is 18.7 Å². The molecule has 1 aromatic carbocycles. The lowest BCUT2D eigenvalue weighted by molar-refractivity contribution is 0.0946. The molecule has 0 atom stereocenters. The van der Waals surface area contributed by atoms with Gasteiger partial charge in [-0.2, -0.15) is 0 Å². The number of benzene rings is 1. The summed E-state index contributed by atoms with van der Waals surface area (Å²) >= 11 is 1.15. The second kappa shape index (κ2) is 7.70. The molecule has 3 aromatic rings. The van der Waals surface area contributed by atoms with Crippen molar-refractivity contribution >= 4 is 28.6 Å². The van der Waals surface area contributed by atoms with Crippen LogP contribution < -0.4 is 10.9 Å². The topological polar surface area (TPSA) is 104 Å². The zero-order chi connectivity index (χ0) is 19.7. The number of nitrogens with one attached hydrogen (secondary N) is 3. The van der Waals surface area contributed by atoms with E-state index in [-0.39, 0.29) is 22.0 Å². The molecule has 0 unspecified atom stereocenters. The van der Waals surface area contributed by atoms with Gasteiger partial charge in [-0.1, -0.05) is 11.8 Å². The van der Waals surface area contributed by atoms with Crippen LogP contribution >= 0.6 is 11.8 Å². The minimum absolute atomic E-state index is 0.142. The molecule has 28 heavy (non-hydrogen) atoms. The molecule has 0 bridgehead atoms. The number of imidazole rings is 1. The molecule has 0 fully saturated rings. The van der Waals surface area contributed by atoms with Gasteiger partial charge in [0.25, 0.3) is 11.5 Å². The van der Waals surface area contributed by atoms with Gasteiger partial charge in [0.1, 0.15) is 11.3 Å². The number of carbonyl (C=O) groups is 1. The van der Waals surface area contributed by atoms with Gasteiger partial charge in [-0.05, 0) is 31.7 Å². The second-order valence-corrected chi connectivity index (χ2v) is 7.56. The maximum atomic E-state index is 13.9. The van der Waals surface area contributed by atoms with Gasteiger partial charge in [0.2, 0.25) is 0 Å². The molecule has 1 aliphatic rings. The summed E-state index contributed by atoms with van der Waals surface area (Å²) in [5.74, 6) is -1.31. The predicted octanol–water partition coefficient (Wildman–Crippen LogP) is 2.33. The molecule has 0 radical (unpaired) electrons. The van der Waals surface area contributed by atoms with Crippen LogP contribution in [0.5, 0.6) is 0 Å². The molecule has 2 heterocycles. The maximum absolute atomic E-state index is 13.9. The van der Waals surface area contributed by atoms with Crippen molar-refractivity contribution in [3.8, 4) is 0 Å². The molecule has 0 spiro atoms. The van der Waals surface area contributed by atoms with Crippen LogP contribution in [-0.4, -0.2) is 38.1 Å². The first kappa shape index (κ1) is 18.6. The number of hydrogen-bond donors (Lipinski definition) is 3. The minimum Gasteiger partial charge on any atom is -0.349 e. The summed E-state index contributed by atoms with van der Waals surface area (Å²) in [6.45, 7) is 0.308. The molecule has 4 rings (SSSR count). The van der Waals surface area contributed by atoms with E-state index in [1.54, 1.807) is 0 Å². The standard InChI is InChI=1S/C18H17F2N5O2S/c19-9-7-10-14(11(20)8-9)24-18(25-16(10)26)28-6-5-21-17(27)15-22-12-3-1-2-4-13(12)23-15/h7-8H,1-6H2,(H,21,27)(H,22,23)(H,24,25,26). The van der Waals surface area contributed by atoms with E-state index >= 15 is 0 Å². The van der Waals surface area contributed by atoms with Crippen LogP contribution in [-0.2, 0) is 12.8 Å². The van der Waals surface area contributed by atoms with Crippen molar-refractivity contribution in [1.29, 1.82) is 0 Å². The van der Waals surface area contributed by atoms with Crippen LogP contribution in [0.3, 0.4) is 0 Å². The van der Waals surface area contributed by atoms with Gasteiger partial charge in [0, 0.05) is 24.1 Å². The number of H-pyrrole nitrogens is 2. The van der Waals surface area contributed by atoms with Crippen molar-refractivity contribution < 1.29 is 13.6 Å². The molecule has 0 saturated heterocycles. The normalized spacial score (nSPS) is 13.5. The molecule has 10 heteroatoms. The Balaban J connectivity index is 1.37. The number of amides is 1. The van der Waals surface area contributed by atoms with Crippen LogP contribution in [0.1, 0.15) is 34.8 Å². The minimum atomic E-state index is -0.891. The molecule has 146 valence electrons. The molecule has 2 aromatic heterocycles. The Kier molecular flexibility index (Phi) is 5.12. The third-order valence-electron chi connectivity index (χ3n) is 4.50. The van der Waals surface area contributed by atoms with E-state index in [2.05, 4.69) is 25.3 Å². The molecule has 1 amide bonds. The van der Waals surface area contributed by atoms with Crippen LogP contribution in [0.15, 0.2) is 22.1 Å². The fourth-order valence-electron chi connectivity index (χ4n) is 3.17. The van der Waals surface area contributed by atoms with Gasteiger partial charge < -0.3 is 15.3 Å². The van der Waals surface area contributed by atoms with Crippen LogP contribution in [0, 0.1) is 11.6 Å². The summed E-state index contributed by atoms with van der Waals surface area (Å²) < 4.78 is 27.1. The number of nitrogens with zero attached hydrogens (tertiary/aromatic N) is 2. The summed E-state index contributed by atoms with van der Waals surface area (Å²) in [5.41, 5.74) is 1.19. The summed E-state index contributed by atoms with van der Waals surface area (Å²) in [6.07, 6.45) is 3.97. The number of aromatic amines is 2. The van der Waals surface area contributed by atoms with Crippen molar-refractivity contribution in [3.63, 3.8) is 0 Å². The Morgan fingerprint density at radius 3 is 2.82 bits per heavy atom. The summed E-state index contributed by atoms with van der Waals surface area (Å²) in [6, 6.07) is 1.63. The number of carbonyl (C=O) groups excluding carboxylic acids is 1. The maximum Gasteiger partial charge on any atom is 0.287 e. The fraction of sp³-hybridized carbons (Fsp3) is 0.333. The molecular formula is C18H17F2N5O2S. The van der Waals surface area contributed by atoms with Gasteiger partial charge >= 0.3 is 0 Å². The first-order valence-electron chi connectivity index (χ1n) is 8.89. The average Bonchev–Trinajstić information content (AvgIpc) is 3.10. The smallest absolute Gasteiger partial charge is 0.287 e. The predicted molar refractivity (Wildman–Crippen MR) is 101 cm³/mol. The van der Waals surface area contributed by atoms with Crippen LogP contribution in [0.25, 0.3) is 10.9 Å². The highest BCUT2D eigenvalue weighted by molar-refractivity contribution is 7.99. The third-order valence-corrected chi connectivity index (χ3v) is 5.38. The lowest BCUT2D eigenvalue weighted by Crippen LogP contribution is -2.27. The molecule has 0 saturated carbocycles. The van der Waals surface area contributed by atoms with Crippen LogP contribution in [0.4, 0.5) is 8.78 Å². The number of thioether (sulfide) groups is 1. The van der Waals surface area contributed by atoms with E-state index in [1.165, 1.54) is 0 Å². The Labute approximate surface area is 162 Å². The quantitative estimate of drug-likeness (QED) is 0.343. The first-order valence-corrected chi connectivity index (χ1v) is 9.87. The van der Waals surface area contributed by atoms with Gasteiger partial charge in [-0.3, -0.25) is 9.59 Å². The zero-order valence-electron chi connectivity index (χ0n) is 14.8. The second-order valence-electron chi connectivity index (χ2n) is 6.48. The van der Waals surface area contributed by atoms with Crippen molar-refractivity contribution in [2.75, 3.05) is 12.3 Å². The molecule has 3 N–H and O–H groups in total. The number of halogens is 2. The fourth-order valence-corrected chi connectivity index (χ4v) is 3.89. The van der Waals surface area contributed by atoms with Crippen LogP contribution in [0.2, 0.25) is 0 Å². The van der Waals surface area contributed by atoms with E-state index in [1.807, 2.05) is 0 Å². The highest BCUT2D eigenvalue weighted by Crippen LogP contribution is 2.19. The van der Waals surface area contributed by atoms with Crippen molar-refractivity contribution in [2.45, 2.75) is 30.8 Å². The van der Waals surface area contributed by atoms with Crippen molar-refractivity contribution in [2.24, 2.45) is 0 Å². The molecule has 7 nitrogen and oxygen atoms in total. The molecule has 1 aliphatic carbocycles. The van der Waals surface area contributed by atoms with E-state index in [9.17, 15) is 18.4 Å². The van der Waals surface area contributed by atoms with Gasteiger partial charge in [-0.15, -0.1) is 0 Å². The van der Waals surface area contributed by atoms with E-state index in [4.69, 9.17) is 0 Å². The molecule has 0 aliphatic heterocycles. The lowest BCUT2D eigenvalue weighted by atomic mass is 10.0. The van der Waals surface area contributed by atoms with Crippen molar-refractivity contribution in [3.05, 3.63) is 51.3 Å². The third kappa shape index (κ3) is 3.77. The highest BCUT2D eigenvalue weighted by atomic mass is 32.2. The SMILES string of the molecule is O=C(NCCSc1nc2c(F)cc(F)cc2c(=O)[nH]1)c1nc2c([nH]1)CCCC2. The number of aromatic nitrogens is 4. The monoisotopic (exact) mass is 405 g/mol. The van der Waals surface area contributed by atoms with E-state index < -0.39 is 17.2 Å². The lowest BCUT2D eigenvalue weighted by Gasteiger charge is -2.07. The summed E-state index contributed by atoms with van der Waals surface area (Å²) in [4.78, 5) is 38.1. The largest absolute Gasteiger partial charge is 0.349 e. The van der Waals surface area contributed by atoms with Crippen molar-refractivity contribution in [1.82, 2.24) is 25.3 Å². The first-order chi connectivity index (χ1) is 13.5. The highest BCUT2D eigenvalue weighted by Gasteiger charge is 2.18. The Hall–Kier alpha value is -2.75. The number of hydrogen-bond acceptors (Lipinski definition) is 5. The Morgan fingerprint density at radius 2 is 2.00 bits per heavy atom. The van der Waals surface area contributed by atoms with E-state index in [0.29, 0.717) is 24.2 Å². The van der Waals surface area contributed by atoms with Gasteiger partial charge in [0.15, 0.2) is 16.8 Å². The summed E-state index contributed by atoms with van der Waals surface area (Å²) in [7, 11) is 0. The number of fused-ring (bicyclic) bond motifs is 2.